The molecular weight excluding hydrogens is 208 g/mol. The van der Waals surface area contributed by atoms with Crippen molar-refractivity contribution in [3.8, 4) is 0 Å². The Balaban J connectivity index is 0.000000386. The number of rotatable bonds is 1. The molecule has 0 bridgehead atoms. The van der Waals surface area contributed by atoms with Gasteiger partial charge in [-0.2, -0.15) is 0 Å². The van der Waals surface area contributed by atoms with Gasteiger partial charge in [-0.05, 0) is 19.8 Å². The van der Waals surface area contributed by atoms with Gasteiger partial charge in [0.05, 0.1) is 13.2 Å². The fraction of sp³-hybridized carbons (Fsp3) is 0.750. The van der Waals surface area contributed by atoms with E-state index in [1.165, 1.54) is 0 Å². The SMILES string of the molecule is C=CC.O=C(O)C1CCCCC12OCCO2. The lowest BCUT2D eigenvalue weighted by Gasteiger charge is -2.36. The highest BCUT2D eigenvalue weighted by Gasteiger charge is 2.49. The van der Waals surface area contributed by atoms with Crippen molar-refractivity contribution >= 4 is 5.97 Å². The molecule has 1 saturated carbocycles. The topological polar surface area (TPSA) is 55.8 Å². The van der Waals surface area contributed by atoms with Gasteiger partial charge >= 0.3 is 5.97 Å². The fourth-order valence-corrected chi connectivity index (χ4v) is 2.24. The molecule has 0 amide bonds. The molecule has 1 unspecified atom stereocenters. The van der Waals surface area contributed by atoms with Crippen LogP contribution in [-0.2, 0) is 14.3 Å². The van der Waals surface area contributed by atoms with Crippen molar-refractivity contribution in [2.75, 3.05) is 13.2 Å². The van der Waals surface area contributed by atoms with Crippen LogP contribution in [0.3, 0.4) is 0 Å². The quantitative estimate of drug-likeness (QED) is 0.699. The zero-order valence-corrected chi connectivity index (χ0v) is 9.78. The largest absolute Gasteiger partial charge is 0.481 e. The van der Waals surface area contributed by atoms with Crippen LogP contribution in [0.1, 0.15) is 32.6 Å². The number of allylic oxidation sites excluding steroid dienone is 1. The third-order valence-electron chi connectivity index (χ3n) is 2.87. The average Bonchev–Trinajstić information content (AvgIpc) is 2.68. The van der Waals surface area contributed by atoms with Crippen molar-refractivity contribution in [3.05, 3.63) is 12.7 Å². The Morgan fingerprint density at radius 1 is 1.44 bits per heavy atom. The second-order valence-electron chi connectivity index (χ2n) is 4.05. The molecular formula is C12H20O4. The van der Waals surface area contributed by atoms with E-state index in [4.69, 9.17) is 14.6 Å². The molecule has 1 N–H and O–H groups in total. The summed E-state index contributed by atoms with van der Waals surface area (Å²) in [6, 6.07) is 0. The molecule has 1 aliphatic carbocycles. The molecule has 4 nitrogen and oxygen atoms in total. The molecule has 16 heavy (non-hydrogen) atoms. The van der Waals surface area contributed by atoms with Gasteiger partial charge in [-0.25, -0.2) is 0 Å². The zero-order valence-electron chi connectivity index (χ0n) is 9.78. The van der Waals surface area contributed by atoms with Crippen LogP contribution < -0.4 is 0 Å². The van der Waals surface area contributed by atoms with E-state index in [1.54, 1.807) is 6.08 Å². The molecule has 1 atom stereocenters. The lowest BCUT2D eigenvalue weighted by atomic mass is 9.83. The normalized spacial score (nSPS) is 26.9. The van der Waals surface area contributed by atoms with Gasteiger partial charge in [0, 0.05) is 6.42 Å². The first kappa shape index (κ1) is 13.2. The van der Waals surface area contributed by atoms with Crippen LogP contribution in [0.25, 0.3) is 0 Å². The van der Waals surface area contributed by atoms with Crippen molar-refractivity contribution in [3.63, 3.8) is 0 Å². The predicted molar refractivity (Wildman–Crippen MR) is 60.1 cm³/mol. The van der Waals surface area contributed by atoms with Gasteiger partial charge in [0.1, 0.15) is 5.92 Å². The van der Waals surface area contributed by atoms with Gasteiger partial charge < -0.3 is 14.6 Å². The van der Waals surface area contributed by atoms with E-state index >= 15 is 0 Å². The second kappa shape index (κ2) is 6.01. The lowest BCUT2D eigenvalue weighted by Crippen LogP contribution is -2.45. The molecule has 1 spiro atoms. The number of aliphatic carboxylic acids is 1. The molecule has 2 fully saturated rings. The molecule has 0 radical (unpaired) electrons. The lowest BCUT2D eigenvalue weighted by molar-refractivity contribution is -0.219. The third-order valence-corrected chi connectivity index (χ3v) is 2.87. The summed E-state index contributed by atoms with van der Waals surface area (Å²) in [5.41, 5.74) is 0. The van der Waals surface area contributed by atoms with Crippen molar-refractivity contribution in [1.29, 1.82) is 0 Å². The maximum absolute atomic E-state index is 11.0. The van der Waals surface area contributed by atoms with E-state index in [1.807, 2.05) is 6.92 Å². The third kappa shape index (κ3) is 2.83. The van der Waals surface area contributed by atoms with Crippen molar-refractivity contribution < 1.29 is 19.4 Å². The number of ether oxygens (including phenoxy) is 2. The smallest absolute Gasteiger partial charge is 0.311 e. The number of hydrogen-bond acceptors (Lipinski definition) is 3. The second-order valence-corrected chi connectivity index (χ2v) is 4.05. The number of carbonyl (C=O) groups is 1. The number of hydrogen-bond donors (Lipinski definition) is 1. The first-order valence-electron chi connectivity index (χ1n) is 5.74. The molecule has 2 rings (SSSR count). The Hall–Kier alpha value is -0.870. The molecule has 1 heterocycles. The first-order valence-corrected chi connectivity index (χ1v) is 5.74. The van der Waals surface area contributed by atoms with Crippen LogP contribution in [0.2, 0.25) is 0 Å². The van der Waals surface area contributed by atoms with Crippen LogP contribution in [0.5, 0.6) is 0 Å². The van der Waals surface area contributed by atoms with Crippen molar-refractivity contribution in [2.45, 2.75) is 38.4 Å². The minimum atomic E-state index is -0.790. The van der Waals surface area contributed by atoms with Crippen LogP contribution in [0, 0.1) is 5.92 Å². The summed E-state index contributed by atoms with van der Waals surface area (Å²) < 4.78 is 10.9. The monoisotopic (exact) mass is 228 g/mol. The maximum atomic E-state index is 11.0. The Labute approximate surface area is 96.2 Å². The van der Waals surface area contributed by atoms with Gasteiger partial charge in [0.15, 0.2) is 5.79 Å². The van der Waals surface area contributed by atoms with Gasteiger partial charge in [0.2, 0.25) is 0 Å². The maximum Gasteiger partial charge on any atom is 0.311 e. The summed E-state index contributed by atoms with van der Waals surface area (Å²) in [5, 5.41) is 9.00. The minimum absolute atomic E-state index is 0.469. The molecule has 2 aliphatic rings. The van der Waals surface area contributed by atoms with Crippen molar-refractivity contribution in [1.82, 2.24) is 0 Å². The Kier molecular flexibility index (Phi) is 4.96. The minimum Gasteiger partial charge on any atom is -0.481 e. The highest BCUT2D eigenvalue weighted by molar-refractivity contribution is 5.71. The molecule has 0 aromatic carbocycles. The summed E-state index contributed by atoms with van der Waals surface area (Å²) in [7, 11) is 0. The predicted octanol–water partition coefficient (Wildman–Crippen LogP) is 2.20. The van der Waals surface area contributed by atoms with Crippen LogP contribution in [-0.4, -0.2) is 30.1 Å². The van der Waals surface area contributed by atoms with Crippen molar-refractivity contribution in [2.24, 2.45) is 5.92 Å². The standard InChI is InChI=1S/C9H14O4.C3H6/c10-8(11)7-3-1-2-4-9(7)12-5-6-13-9;1-3-2/h7H,1-6H2,(H,10,11);3H,1H2,2H3. The molecule has 4 heteroatoms. The van der Waals surface area contributed by atoms with E-state index in [0.29, 0.717) is 19.6 Å². The van der Waals surface area contributed by atoms with Gasteiger partial charge in [-0.3, -0.25) is 4.79 Å². The van der Waals surface area contributed by atoms with Crippen LogP contribution in [0.4, 0.5) is 0 Å². The van der Waals surface area contributed by atoms with Crippen LogP contribution >= 0.6 is 0 Å². The average molecular weight is 228 g/mol. The number of carboxylic acids is 1. The summed E-state index contributed by atoms with van der Waals surface area (Å²) in [5.74, 6) is -2.05. The van der Waals surface area contributed by atoms with E-state index in [-0.39, 0.29) is 0 Å². The first-order chi connectivity index (χ1) is 7.66. The summed E-state index contributed by atoms with van der Waals surface area (Å²) >= 11 is 0. The highest BCUT2D eigenvalue weighted by Crippen LogP contribution is 2.40. The van der Waals surface area contributed by atoms with Gasteiger partial charge in [0.25, 0.3) is 0 Å². The zero-order chi connectivity index (χ0) is 12.0. The summed E-state index contributed by atoms with van der Waals surface area (Å²) in [4.78, 5) is 11.0. The molecule has 0 aromatic heterocycles. The summed E-state index contributed by atoms with van der Waals surface area (Å²) in [6.45, 7) is 6.31. The van der Waals surface area contributed by atoms with E-state index < -0.39 is 17.7 Å². The van der Waals surface area contributed by atoms with Gasteiger partial charge in [-0.1, -0.05) is 12.5 Å². The van der Waals surface area contributed by atoms with E-state index in [2.05, 4.69) is 6.58 Å². The Bertz CT molecular complexity index is 243. The highest BCUT2D eigenvalue weighted by atomic mass is 16.7. The molecule has 92 valence electrons. The molecule has 0 aromatic rings. The molecule has 1 aliphatic heterocycles. The van der Waals surface area contributed by atoms with Crippen LogP contribution in [0.15, 0.2) is 12.7 Å². The van der Waals surface area contributed by atoms with E-state index in [0.717, 1.165) is 19.3 Å². The number of carboxylic acid groups (broad SMARTS) is 1. The summed E-state index contributed by atoms with van der Waals surface area (Å²) in [6.07, 6.45) is 5.12. The fourth-order valence-electron chi connectivity index (χ4n) is 2.24. The van der Waals surface area contributed by atoms with E-state index in [9.17, 15) is 4.79 Å². The Morgan fingerprint density at radius 2 is 2.00 bits per heavy atom. The van der Waals surface area contributed by atoms with Gasteiger partial charge in [-0.15, -0.1) is 6.58 Å². The Morgan fingerprint density at radius 3 is 2.50 bits per heavy atom. The molecule has 1 saturated heterocycles.